The number of amides is 1. The number of nitriles is 1. The van der Waals surface area contributed by atoms with Crippen molar-refractivity contribution >= 4 is 29.0 Å². The van der Waals surface area contributed by atoms with Gasteiger partial charge >= 0.3 is 0 Å². The third kappa shape index (κ3) is 4.27. The number of ether oxygens (including phenoxy) is 1. The molecule has 0 fully saturated rings. The van der Waals surface area contributed by atoms with Crippen LogP contribution in [0.3, 0.4) is 0 Å². The molecule has 1 N–H and O–H groups in total. The summed E-state index contributed by atoms with van der Waals surface area (Å²) in [5.74, 6) is 0.294. The Labute approximate surface area is 167 Å². The van der Waals surface area contributed by atoms with Gasteiger partial charge in [0.05, 0.1) is 12.8 Å². The maximum absolute atomic E-state index is 12.5. The number of nitrogens with zero attached hydrogens (tertiary/aromatic N) is 2. The van der Waals surface area contributed by atoms with Crippen LogP contribution in [-0.4, -0.2) is 18.0 Å². The normalized spacial score (nSPS) is 11.0. The summed E-state index contributed by atoms with van der Waals surface area (Å²) in [7, 11) is 1.61. The predicted octanol–water partition coefficient (Wildman–Crippen LogP) is 4.98. The number of aryl methyl sites for hydroxylation is 1. The van der Waals surface area contributed by atoms with Crippen LogP contribution in [0.1, 0.15) is 16.8 Å². The molecule has 3 rings (SSSR count). The van der Waals surface area contributed by atoms with Crippen molar-refractivity contribution in [3.63, 3.8) is 0 Å². The van der Waals surface area contributed by atoms with Gasteiger partial charge in [0.15, 0.2) is 0 Å². The van der Waals surface area contributed by atoms with Gasteiger partial charge in [0.1, 0.15) is 22.4 Å². The largest absolute Gasteiger partial charge is 0.497 e. The first-order valence-electron chi connectivity index (χ1n) is 8.61. The van der Waals surface area contributed by atoms with Crippen LogP contribution in [0.5, 0.6) is 5.75 Å². The summed E-state index contributed by atoms with van der Waals surface area (Å²) in [6.45, 7) is 3.91. The lowest BCUT2D eigenvalue weighted by Crippen LogP contribution is -2.14. The van der Waals surface area contributed by atoms with E-state index in [9.17, 15) is 10.1 Å². The van der Waals surface area contributed by atoms with E-state index in [1.165, 1.54) is 17.4 Å². The van der Waals surface area contributed by atoms with Gasteiger partial charge in [0.2, 0.25) is 0 Å². The van der Waals surface area contributed by atoms with Gasteiger partial charge in [-0.05, 0) is 49.2 Å². The molecule has 0 bridgehead atoms. The highest BCUT2D eigenvalue weighted by Crippen LogP contribution is 2.27. The average Bonchev–Trinajstić information content (AvgIpc) is 3.18. The summed E-state index contributed by atoms with van der Waals surface area (Å²) in [6.07, 6.45) is 1.50. The summed E-state index contributed by atoms with van der Waals surface area (Å²) in [4.78, 5) is 17.0. The van der Waals surface area contributed by atoms with E-state index in [1.807, 2.05) is 67.8 Å². The summed E-state index contributed by atoms with van der Waals surface area (Å²) in [6, 6.07) is 15.2. The van der Waals surface area contributed by atoms with Gasteiger partial charge in [0, 0.05) is 16.6 Å². The first-order valence-corrected chi connectivity index (χ1v) is 9.49. The lowest BCUT2D eigenvalue weighted by molar-refractivity contribution is -0.112. The molecular weight excluding hydrogens is 370 g/mol. The molecule has 0 radical (unpaired) electrons. The zero-order valence-corrected chi connectivity index (χ0v) is 16.6. The minimum atomic E-state index is -0.452. The second-order valence-corrected chi connectivity index (χ2v) is 7.04. The summed E-state index contributed by atoms with van der Waals surface area (Å²) >= 11 is 1.44. The molecule has 1 aromatic heterocycles. The molecule has 0 atom stereocenters. The van der Waals surface area contributed by atoms with E-state index in [4.69, 9.17) is 4.74 Å². The summed E-state index contributed by atoms with van der Waals surface area (Å²) < 4.78 is 5.24. The van der Waals surface area contributed by atoms with E-state index in [-0.39, 0.29) is 5.57 Å². The van der Waals surface area contributed by atoms with E-state index >= 15 is 0 Å². The topological polar surface area (TPSA) is 75.0 Å². The molecule has 5 nitrogen and oxygen atoms in total. The monoisotopic (exact) mass is 389 g/mol. The fraction of sp³-hybridized carbons (Fsp3) is 0.136. The highest BCUT2D eigenvalue weighted by Gasteiger charge is 2.13. The Morgan fingerprint density at radius 2 is 2.04 bits per heavy atom. The molecule has 6 heteroatoms. The molecule has 0 aliphatic carbocycles. The van der Waals surface area contributed by atoms with E-state index in [0.29, 0.717) is 11.4 Å². The van der Waals surface area contributed by atoms with Gasteiger partial charge in [-0.15, -0.1) is 11.3 Å². The van der Waals surface area contributed by atoms with Crippen LogP contribution in [0.4, 0.5) is 5.69 Å². The number of hydrogen-bond donors (Lipinski definition) is 1. The van der Waals surface area contributed by atoms with Gasteiger partial charge in [-0.25, -0.2) is 4.98 Å². The van der Waals surface area contributed by atoms with Crippen LogP contribution in [0, 0.1) is 25.2 Å². The number of benzene rings is 2. The minimum absolute atomic E-state index is 0.00315. The molecule has 1 amide bonds. The number of nitrogens with one attached hydrogen (secondary N) is 1. The maximum atomic E-state index is 12.5. The van der Waals surface area contributed by atoms with E-state index < -0.39 is 5.91 Å². The molecule has 0 aliphatic rings. The molecule has 0 spiro atoms. The van der Waals surface area contributed by atoms with Gasteiger partial charge in [-0.3, -0.25) is 4.79 Å². The van der Waals surface area contributed by atoms with Crippen LogP contribution < -0.4 is 10.1 Å². The van der Waals surface area contributed by atoms with Crippen LogP contribution in [0.15, 0.2) is 53.4 Å². The average molecular weight is 389 g/mol. The van der Waals surface area contributed by atoms with Crippen molar-refractivity contribution in [3.8, 4) is 22.4 Å². The first kappa shape index (κ1) is 19.3. The number of thiazole rings is 1. The zero-order valence-electron chi connectivity index (χ0n) is 15.8. The Kier molecular flexibility index (Phi) is 5.87. The van der Waals surface area contributed by atoms with E-state index in [0.717, 1.165) is 27.4 Å². The van der Waals surface area contributed by atoms with Gasteiger partial charge < -0.3 is 10.1 Å². The maximum Gasteiger partial charge on any atom is 0.266 e. The molecule has 28 heavy (non-hydrogen) atoms. The molecular formula is C22H19N3O2S. The molecule has 0 unspecified atom stereocenters. The van der Waals surface area contributed by atoms with Gasteiger partial charge in [0.25, 0.3) is 5.91 Å². The van der Waals surface area contributed by atoms with Crippen molar-refractivity contribution in [1.29, 1.82) is 5.26 Å². The molecule has 0 saturated heterocycles. The zero-order chi connectivity index (χ0) is 20.1. The predicted molar refractivity (Wildman–Crippen MR) is 112 cm³/mol. The molecule has 0 saturated carbocycles. The van der Waals surface area contributed by atoms with Crippen molar-refractivity contribution in [2.75, 3.05) is 12.4 Å². The number of hydrogen-bond acceptors (Lipinski definition) is 5. The Hall–Kier alpha value is -3.43. The van der Waals surface area contributed by atoms with Crippen LogP contribution in [-0.2, 0) is 4.79 Å². The van der Waals surface area contributed by atoms with E-state index in [2.05, 4.69) is 10.3 Å². The van der Waals surface area contributed by atoms with Crippen molar-refractivity contribution in [2.45, 2.75) is 13.8 Å². The second kappa shape index (κ2) is 8.51. The van der Waals surface area contributed by atoms with Crippen LogP contribution in [0.25, 0.3) is 16.6 Å². The third-order valence-electron chi connectivity index (χ3n) is 4.35. The number of aromatic nitrogens is 1. The highest BCUT2D eigenvalue weighted by molar-refractivity contribution is 7.13. The standard InChI is InChI=1S/C22H19N3O2S/c1-14-6-4-9-20(15(14)2)25-21(26)17(12-23)10-18-13-28-22(24-18)16-7-5-8-19(11-16)27-3/h4-11,13H,1-3H3,(H,25,26)/b17-10+. The fourth-order valence-corrected chi connectivity index (χ4v) is 3.39. The Morgan fingerprint density at radius 1 is 1.25 bits per heavy atom. The summed E-state index contributed by atoms with van der Waals surface area (Å²) in [5, 5.41) is 14.8. The van der Waals surface area contributed by atoms with Crippen LogP contribution >= 0.6 is 11.3 Å². The number of carbonyl (C=O) groups is 1. The van der Waals surface area contributed by atoms with Gasteiger partial charge in [-0.1, -0.05) is 24.3 Å². The second-order valence-electron chi connectivity index (χ2n) is 6.18. The molecule has 0 aliphatic heterocycles. The smallest absolute Gasteiger partial charge is 0.266 e. The molecule has 140 valence electrons. The lowest BCUT2D eigenvalue weighted by atomic mass is 10.1. The van der Waals surface area contributed by atoms with Crippen LogP contribution in [0.2, 0.25) is 0 Å². The quantitative estimate of drug-likeness (QED) is 0.493. The number of methoxy groups -OCH3 is 1. The Bertz CT molecular complexity index is 1090. The third-order valence-corrected chi connectivity index (χ3v) is 5.26. The van der Waals surface area contributed by atoms with Gasteiger partial charge in [-0.2, -0.15) is 5.26 Å². The van der Waals surface area contributed by atoms with Crippen molar-refractivity contribution in [2.24, 2.45) is 0 Å². The molecule has 3 aromatic rings. The highest BCUT2D eigenvalue weighted by atomic mass is 32.1. The minimum Gasteiger partial charge on any atom is -0.497 e. The molecule has 2 aromatic carbocycles. The SMILES string of the molecule is COc1cccc(-c2nc(/C=C(\C#N)C(=O)Nc3cccc(C)c3C)cs2)c1. The summed E-state index contributed by atoms with van der Waals surface area (Å²) in [5.41, 5.74) is 4.23. The first-order chi connectivity index (χ1) is 13.5. The Balaban J connectivity index is 1.83. The van der Waals surface area contributed by atoms with Crippen molar-refractivity contribution < 1.29 is 9.53 Å². The number of anilines is 1. The lowest BCUT2D eigenvalue weighted by Gasteiger charge is -2.09. The van der Waals surface area contributed by atoms with E-state index in [1.54, 1.807) is 7.11 Å². The van der Waals surface area contributed by atoms with Crippen molar-refractivity contribution in [1.82, 2.24) is 4.98 Å². The number of rotatable bonds is 5. The Morgan fingerprint density at radius 3 is 2.79 bits per heavy atom. The van der Waals surface area contributed by atoms with Crippen molar-refractivity contribution in [3.05, 3.63) is 70.2 Å². The fourth-order valence-electron chi connectivity index (χ4n) is 2.61. The number of carbonyl (C=O) groups excluding carboxylic acids is 1. The molecule has 1 heterocycles.